The van der Waals surface area contributed by atoms with Crippen LogP contribution in [-0.4, -0.2) is 53.3 Å². The Balaban J connectivity index is 1.66. The van der Waals surface area contributed by atoms with Crippen LogP contribution in [0.2, 0.25) is 0 Å². The van der Waals surface area contributed by atoms with Gasteiger partial charge >= 0.3 is 0 Å². The molecule has 1 aromatic rings. The molecule has 0 aliphatic carbocycles. The van der Waals surface area contributed by atoms with Crippen molar-refractivity contribution in [2.45, 2.75) is 38.9 Å². The highest BCUT2D eigenvalue weighted by Gasteiger charge is 2.43. The monoisotopic (exact) mass is 351 g/mol. The molecule has 0 radical (unpaired) electrons. The first-order valence-electron chi connectivity index (χ1n) is 8.62. The number of nitrogens with one attached hydrogen (secondary N) is 1. The lowest BCUT2D eigenvalue weighted by atomic mass is 9.97. The number of rotatable bonds is 4. The number of hydrogen-bond acceptors (Lipinski definition) is 3. The molecule has 2 aliphatic rings. The van der Waals surface area contributed by atoms with Gasteiger partial charge in [-0.2, -0.15) is 0 Å². The van der Waals surface area contributed by atoms with Crippen molar-refractivity contribution < 1.29 is 18.4 Å². The molecule has 7 heteroatoms. The molecule has 0 saturated carbocycles. The van der Waals surface area contributed by atoms with Crippen LogP contribution in [0.25, 0.3) is 0 Å². The van der Waals surface area contributed by atoms with E-state index in [1.54, 1.807) is 4.90 Å². The number of amides is 2. The smallest absolute Gasteiger partial charge is 0.245 e. The number of hydrogen-bond donors (Lipinski definition) is 1. The third-order valence-corrected chi connectivity index (χ3v) is 4.76. The number of nitrogens with zero attached hydrogens (tertiary/aromatic N) is 2. The van der Waals surface area contributed by atoms with Gasteiger partial charge in [-0.3, -0.25) is 14.5 Å². The fraction of sp³-hybridized carbons (Fsp3) is 0.556. The summed E-state index contributed by atoms with van der Waals surface area (Å²) in [6.45, 7) is 5.91. The van der Waals surface area contributed by atoms with E-state index in [0.29, 0.717) is 44.1 Å². The molecule has 136 valence electrons. The summed E-state index contributed by atoms with van der Waals surface area (Å²) < 4.78 is 26.4. The van der Waals surface area contributed by atoms with Crippen LogP contribution >= 0.6 is 0 Å². The molecule has 1 N–H and O–H groups in total. The molecule has 2 aliphatic heterocycles. The summed E-state index contributed by atoms with van der Waals surface area (Å²) >= 11 is 0. The van der Waals surface area contributed by atoms with Gasteiger partial charge in [-0.1, -0.05) is 19.9 Å². The van der Waals surface area contributed by atoms with Gasteiger partial charge in [0.05, 0.1) is 0 Å². The molecule has 25 heavy (non-hydrogen) atoms. The number of halogens is 2. The summed E-state index contributed by atoms with van der Waals surface area (Å²) in [6, 6.07) is 2.85. The Hall–Kier alpha value is -2.02. The largest absolute Gasteiger partial charge is 0.342 e. The minimum atomic E-state index is -0.877. The van der Waals surface area contributed by atoms with Crippen LogP contribution in [0.1, 0.15) is 25.8 Å². The van der Waals surface area contributed by atoms with Crippen molar-refractivity contribution in [3.8, 4) is 0 Å². The number of fused-ring (bicyclic) bond motifs is 1. The van der Waals surface area contributed by atoms with Crippen LogP contribution in [0.15, 0.2) is 18.2 Å². The van der Waals surface area contributed by atoms with E-state index in [4.69, 9.17) is 0 Å². The molecule has 5 nitrogen and oxygen atoms in total. The van der Waals surface area contributed by atoms with E-state index in [9.17, 15) is 18.4 Å². The Morgan fingerprint density at radius 1 is 1.20 bits per heavy atom. The number of piperazine rings is 2. The van der Waals surface area contributed by atoms with Gasteiger partial charge in [-0.15, -0.1) is 0 Å². The third kappa shape index (κ3) is 3.81. The van der Waals surface area contributed by atoms with Gasteiger partial charge in [0.1, 0.15) is 12.1 Å². The SMILES string of the molecule is CC(C)C[C@@H]1NC(=O)[C@H]2CN(Cc3ccc(F)c(F)c3)CCN2C1=O. The zero-order chi connectivity index (χ0) is 18.1. The third-order valence-electron chi connectivity index (χ3n) is 4.76. The van der Waals surface area contributed by atoms with E-state index in [0.717, 1.165) is 6.07 Å². The lowest BCUT2D eigenvalue weighted by molar-refractivity contribution is -0.153. The van der Waals surface area contributed by atoms with Gasteiger partial charge in [0.2, 0.25) is 11.8 Å². The van der Waals surface area contributed by atoms with Gasteiger partial charge in [0, 0.05) is 26.2 Å². The summed E-state index contributed by atoms with van der Waals surface area (Å²) in [4.78, 5) is 28.7. The maximum Gasteiger partial charge on any atom is 0.245 e. The van der Waals surface area contributed by atoms with Gasteiger partial charge in [0.25, 0.3) is 0 Å². The molecule has 2 heterocycles. The molecule has 0 aromatic heterocycles. The van der Waals surface area contributed by atoms with Gasteiger partial charge < -0.3 is 10.2 Å². The minimum Gasteiger partial charge on any atom is -0.342 e. The summed E-state index contributed by atoms with van der Waals surface area (Å²) in [5.41, 5.74) is 0.646. The first-order valence-corrected chi connectivity index (χ1v) is 8.62. The molecule has 2 saturated heterocycles. The molecule has 3 rings (SSSR count). The summed E-state index contributed by atoms with van der Waals surface area (Å²) in [5, 5.41) is 2.83. The van der Waals surface area contributed by atoms with Gasteiger partial charge in [-0.25, -0.2) is 8.78 Å². The molecule has 2 fully saturated rings. The quantitative estimate of drug-likeness (QED) is 0.895. The first-order chi connectivity index (χ1) is 11.8. The Bertz CT molecular complexity index is 680. The average molecular weight is 351 g/mol. The summed E-state index contributed by atoms with van der Waals surface area (Å²) in [6.07, 6.45) is 0.631. The van der Waals surface area contributed by atoms with Crippen LogP contribution < -0.4 is 5.32 Å². The molecule has 1 aromatic carbocycles. The van der Waals surface area contributed by atoms with E-state index in [-0.39, 0.29) is 11.8 Å². The van der Waals surface area contributed by atoms with Crippen molar-refractivity contribution in [1.29, 1.82) is 0 Å². The predicted octanol–water partition coefficient (Wildman–Crippen LogP) is 1.52. The van der Waals surface area contributed by atoms with Crippen molar-refractivity contribution in [2.24, 2.45) is 5.92 Å². The van der Waals surface area contributed by atoms with E-state index in [1.165, 1.54) is 12.1 Å². The Morgan fingerprint density at radius 2 is 1.96 bits per heavy atom. The number of carbonyl (C=O) groups excluding carboxylic acids is 2. The molecule has 0 unspecified atom stereocenters. The van der Waals surface area contributed by atoms with Gasteiger partial charge in [-0.05, 0) is 30.0 Å². The second-order valence-corrected chi connectivity index (χ2v) is 7.22. The average Bonchev–Trinajstić information content (AvgIpc) is 2.55. The van der Waals surface area contributed by atoms with E-state index >= 15 is 0 Å². The highest BCUT2D eigenvalue weighted by molar-refractivity contribution is 5.97. The maximum atomic E-state index is 13.4. The lowest BCUT2D eigenvalue weighted by Gasteiger charge is -2.45. The highest BCUT2D eigenvalue weighted by atomic mass is 19.2. The number of carbonyl (C=O) groups is 2. The second-order valence-electron chi connectivity index (χ2n) is 7.22. The number of benzene rings is 1. The Labute approximate surface area is 146 Å². The second kappa shape index (κ2) is 7.07. The standard InChI is InChI=1S/C18H23F2N3O2/c1-11(2)7-15-18(25)23-6-5-22(10-16(23)17(24)21-15)9-12-3-4-13(19)14(20)8-12/h3-4,8,11,15-16H,5-7,9-10H2,1-2H3,(H,21,24)/t15-,16+/m0/s1. The molecule has 2 atom stereocenters. The molecule has 2 amide bonds. The van der Waals surface area contributed by atoms with Crippen LogP contribution in [0.3, 0.4) is 0 Å². The van der Waals surface area contributed by atoms with E-state index in [2.05, 4.69) is 5.32 Å². The maximum absolute atomic E-state index is 13.4. The summed E-state index contributed by atoms with van der Waals surface area (Å²) in [5.74, 6) is -1.59. The topological polar surface area (TPSA) is 52.7 Å². The van der Waals surface area contributed by atoms with Crippen LogP contribution in [0.4, 0.5) is 8.78 Å². The zero-order valence-electron chi connectivity index (χ0n) is 14.5. The Morgan fingerprint density at radius 3 is 2.64 bits per heavy atom. The van der Waals surface area contributed by atoms with Crippen LogP contribution in [-0.2, 0) is 16.1 Å². The van der Waals surface area contributed by atoms with Gasteiger partial charge in [0.15, 0.2) is 11.6 Å². The van der Waals surface area contributed by atoms with Crippen molar-refractivity contribution >= 4 is 11.8 Å². The fourth-order valence-corrected chi connectivity index (χ4v) is 3.53. The highest BCUT2D eigenvalue weighted by Crippen LogP contribution is 2.21. The fourth-order valence-electron chi connectivity index (χ4n) is 3.53. The predicted molar refractivity (Wildman–Crippen MR) is 88.5 cm³/mol. The van der Waals surface area contributed by atoms with E-state index in [1.807, 2.05) is 18.7 Å². The van der Waals surface area contributed by atoms with Crippen molar-refractivity contribution in [1.82, 2.24) is 15.1 Å². The van der Waals surface area contributed by atoms with Crippen molar-refractivity contribution in [3.63, 3.8) is 0 Å². The molecular formula is C18H23F2N3O2. The van der Waals surface area contributed by atoms with Crippen molar-refractivity contribution in [3.05, 3.63) is 35.4 Å². The van der Waals surface area contributed by atoms with Crippen LogP contribution in [0.5, 0.6) is 0 Å². The normalized spacial score (nSPS) is 24.4. The molecule has 0 spiro atoms. The minimum absolute atomic E-state index is 0.0224. The lowest BCUT2D eigenvalue weighted by Crippen LogP contribution is -2.69. The zero-order valence-corrected chi connectivity index (χ0v) is 14.5. The summed E-state index contributed by atoms with van der Waals surface area (Å²) in [7, 11) is 0. The van der Waals surface area contributed by atoms with Crippen LogP contribution in [0, 0.1) is 17.6 Å². The van der Waals surface area contributed by atoms with E-state index < -0.39 is 23.7 Å². The first kappa shape index (κ1) is 17.8. The van der Waals surface area contributed by atoms with Crippen molar-refractivity contribution in [2.75, 3.05) is 19.6 Å². The molecule has 0 bridgehead atoms. The Kier molecular flexibility index (Phi) is 5.03. The molecular weight excluding hydrogens is 328 g/mol.